The van der Waals surface area contributed by atoms with Crippen molar-refractivity contribution in [3.05, 3.63) is 528 Å². The van der Waals surface area contributed by atoms with Crippen LogP contribution >= 0.6 is 0 Å². The first-order valence-corrected chi connectivity index (χ1v) is 49.5. The topological polar surface area (TPSA) is 62.3 Å². The van der Waals surface area contributed by atoms with Crippen LogP contribution in [0.5, 0.6) is 0 Å². The van der Waals surface area contributed by atoms with Crippen molar-refractivity contribution in [1.29, 1.82) is 0 Å². The van der Waals surface area contributed by atoms with Gasteiger partial charge in [-0.1, -0.05) is 406 Å². The molecule has 678 valence electrons. The lowest BCUT2D eigenvalue weighted by Gasteiger charge is -2.29. The minimum absolute atomic E-state index is 0.866. The smallest absolute Gasteiger partial charge is 0.160 e. The number of hydrogen-bond acceptors (Lipinski definition) is 7. The summed E-state index contributed by atoms with van der Waals surface area (Å²) >= 11 is 0. The van der Waals surface area contributed by atoms with E-state index in [1.54, 1.807) is 0 Å². The average molecular weight is 1850 g/mol. The molecule has 7 nitrogen and oxygen atoms in total. The quantitative estimate of drug-likeness (QED) is 0.107. The first-order chi connectivity index (χ1) is 71.9. The molecule has 0 N–H and O–H groups in total. The van der Waals surface area contributed by atoms with Gasteiger partial charge in [-0.3, -0.25) is 0 Å². The maximum Gasteiger partial charge on any atom is 0.160 e. The Hall–Kier alpha value is -19.3. The molecule has 0 amide bonds. The van der Waals surface area contributed by atoms with Gasteiger partial charge in [-0.15, -0.1) is 0 Å². The van der Waals surface area contributed by atoms with Gasteiger partial charge in [-0.05, 0) is 218 Å². The third kappa shape index (κ3) is 14.5. The average Bonchev–Trinajstić information content (AvgIpc) is 1.64. The van der Waals surface area contributed by atoms with Crippen molar-refractivity contribution in [2.45, 2.75) is 0 Å². The molecule has 0 fully saturated rings. The molecule has 0 spiro atoms. The highest BCUT2D eigenvalue weighted by Crippen LogP contribution is 2.54. The van der Waals surface area contributed by atoms with Crippen LogP contribution in [-0.2, 0) is 0 Å². The molecule has 30 rings (SSSR count). The molecule has 4 heterocycles. The zero-order valence-electron chi connectivity index (χ0n) is 78.7. The van der Waals surface area contributed by atoms with Crippen LogP contribution in [0, 0.1) is 0 Å². The van der Waals surface area contributed by atoms with Crippen molar-refractivity contribution in [1.82, 2.24) is 0 Å². The Bertz CT molecular complexity index is 10400. The molecule has 4 aromatic heterocycles. The number of para-hydroxylation sites is 4. The highest BCUT2D eigenvalue weighted by Gasteiger charge is 2.29. The van der Waals surface area contributed by atoms with E-state index in [2.05, 4.69) is 518 Å². The molecule has 145 heavy (non-hydrogen) atoms. The lowest BCUT2D eigenvalue weighted by Crippen LogP contribution is -2.11. The fourth-order valence-corrected chi connectivity index (χ4v) is 22.5. The molecule has 0 atom stereocenters. The summed E-state index contributed by atoms with van der Waals surface area (Å²) in [5.74, 6) is 0. The maximum absolute atomic E-state index is 6.87. The van der Waals surface area contributed by atoms with Gasteiger partial charge in [-0.2, -0.15) is 0 Å². The molecule has 30 aromatic rings. The molecule has 0 saturated heterocycles. The van der Waals surface area contributed by atoms with Crippen molar-refractivity contribution in [2.24, 2.45) is 0 Å². The number of fused-ring (bicyclic) bond motifs is 28. The van der Waals surface area contributed by atoms with Gasteiger partial charge in [-0.25, -0.2) is 0 Å². The van der Waals surface area contributed by atoms with Crippen LogP contribution in [0.4, 0.5) is 51.2 Å². The largest absolute Gasteiger partial charge is 0.456 e. The summed E-state index contributed by atoms with van der Waals surface area (Å²) < 4.78 is 26.5. The Balaban J connectivity index is 0.000000106. The van der Waals surface area contributed by atoms with Crippen LogP contribution < -0.4 is 14.7 Å². The van der Waals surface area contributed by atoms with Crippen molar-refractivity contribution >= 4 is 236 Å². The molecule has 0 aliphatic rings. The zero-order valence-corrected chi connectivity index (χ0v) is 78.7. The predicted octanol–water partition coefficient (Wildman–Crippen LogP) is 40.1. The van der Waals surface area contributed by atoms with Gasteiger partial charge in [0.05, 0.1) is 22.7 Å². The molecule has 0 radical (unpaired) electrons. The number of furan rings is 4. The van der Waals surface area contributed by atoms with E-state index in [4.69, 9.17) is 17.7 Å². The Kier molecular flexibility index (Phi) is 20.2. The third-order valence-corrected chi connectivity index (χ3v) is 29.2. The SMILES string of the molecule is c1ccc(-c2ccc(N(c3cccc(-c4ccccc4)c3)c3cc4oc5ccccc5c4c4c3ccc3ccccc34)cc2)cc1.c1ccc(-c2cccc(N(c3ccc(-c4ccc5ccccc5c4)cc3)c3cc4ccc5ccccc5c4c4c3oc3ccccc34)c2)cc1.c1ccc2c(c1)cc(N(c1ccc3oc4ccccc4c3c1)c1cc3oc4ccccc4c3c3c1ccc1ccccc13)c1ccccc12. The predicted molar refractivity (Wildman–Crippen MR) is 612 cm³/mol. The second-order valence-electron chi connectivity index (χ2n) is 37.5. The standard InChI is InChI=1S/C48H31NO.C46H27NO2.C44H29NO/c1-2-11-32(12-3-1)37-16-10-17-41(30-37)49(40-27-25-34(26-28-40)38-23-21-33-13-4-5-15-36(33)29-38)44-31-39-24-22-35-14-6-7-18-42(35)46(39)47-43-19-8-9-20-45(43)50-48(44)47;1-4-14-32-28(11-1)21-23-36-40(27-44-46(45(32)36)37-18-8-10-20-42(37)49-44)47(30-22-24-43-38(26-30)35-17-7-9-19-41(35)48-43)39-25-29-12-2-3-13-31(29)33-15-5-6-16-34(33)39;1-3-12-30(13-4-1)32-22-25-35(26-23-32)45(36-18-11-17-34(28-36)31-14-5-2-6-15-31)40-29-42-44(39-20-9-10-21-41(39)46-42)43-37-19-8-7-16-33(37)24-27-38(40)43/h1-31H;1-27H;1-29H. The molecule has 0 saturated carbocycles. The highest BCUT2D eigenvalue weighted by atomic mass is 16.3. The van der Waals surface area contributed by atoms with Crippen LogP contribution in [0.2, 0.25) is 0 Å². The zero-order chi connectivity index (χ0) is 95.5. The summed E-state index contributed by atoms with van der Waals surface area (Å²) in [5.41, 5.74) is 26.1. The second kappa shape index (κ2) is 34.9. The van der Waals surface area contributed by atoms with Crippen molar-refractivity contribution < 1.29 is 17.7 Å². The van der Waals surface area contributed by atoms with Gasteiger partial charge < -0.3 is 32.4 Å². The van der Waals surface area contributed by atoms with E-state index in [0.717, 1.165) is 150 Å². The van der Waals surface area contributed by atoms with E-state index >= 15 is 0 Å². The summed E-state index contributed by atoms with van der Waals surface area (Å²) in [4.78, 5) is 7.17. The van der Waals surface area contributed by atoms with E-state index in [-0.39, 0.29) is 0 Å². The molecule has 0 bridgehead atoms. The van der Waals surface area contributed by atoms with Crippen molar-refractivity contribution in [3.63, 3.8) is 0 Å². The highest BCUT2D eigenvalue weighted by molar-refractivity contribution is 6.33. The van der Waals surface area contributed by atoms with Crippen molar-refractivity contribution in [3.8, 4) is 44.5 Å². The molecule has 0 unspecified atom stereocenters. The number of anilines is 9. The summed E-state index contributed by atoms with van der Waals surface area (Å²) in [5, 5.41) is 30.7. The first-order valence-electron chi connectivity index (χ1n) is 49.5. The fraction of sp³-hybridized carbons (Fsp3) is 0. The van der Waals surface area contributed by atoms with E-state index in [0.29, 0.717) is 0 Å². The van der Waals surface area contributed by atoms with E-state index in [1.165, 1.54) is 131 Å². The van der Waals surface area contributed by atoms with Crippen LogP contribution in [-0.4, -0.2) is 0 Å². The van der Waals surface area contributed by atoms with Crippen LogP contribution in [0.25, 0.3) is 229 Å². The van der Waals surface area contributed by atoms with Gasteiger partial charge in [0.15, 0.2) is 5.58 Å². The summed E-state index contributed by atoms with van der Waals surface area (Å²) in [6.45, 7) is 0. The Morgan fingerprint density at radius 1 is 0.117 bits per heavy atom. The third-order valence-electron chi connectivity index (χ3n) is 29.2. The van der Waals surface area contributed by atoms with Gasteiger partial charge in [0.25, 0.3) is 0 Å². The molecule has 0 aliphatic carbocycles. The normalized spacial score (nSPS) is 11.7. The van der Waals surface area contributed by atoms with Crippen LogP contribution in [0.1, 0.15) is 0 Å². The summed E-state index contributed by atoms with van der Waals surface area (Å²) in [6.07, 6.45) is 0. The summed E-state index contributed by atoms with van der Waals surface area (Å²) in [7, 11) is 0. The number of rotatable bonds is 13. The lowest BCUT2D eigenvalue weighted by atomic mass is 9.94. The van der Waals surface area contributed by atoms with Crippen LogP contribution in [0.3, 0.4) is 0 Å². The molecular formula is C138H87N3O4. The molecular weight excluding hydrogens is 1760 g/mol. The Labute approximate surface area is 834 Å². The number of nitrogens with zero attached hydrogens (tertiary/aromatic N) is 3. The first kappa shape index (κ1) is 83.8. The number of benzene rings is 26. The minimum atomic E-state index is 0.866. The fourth-order valence-electron chi connectivity index (χ4n) is 22.5. The van der Waals surface area contributed by atoms with Crippen LogP contribution in [0.15, 0.2) is 545 Å². The Morgan fingerprint density at radius 3 is 1.00 bits per heavy atom. The molecule has 7 heteroatoms. The number of hydrogen-bond donors (Lipinski definition) is 0. The second-order valence-corrected chi connectivity index (χ2v) is 37.5. The minimum Gasteiger partial charge on any atom is -0.456 e. The molecule has 0 aliphatic heterocycles. The van der Waals surface area contributed by atoms with Gasteiger partial charge in [0, 0.05) is 116 Å². The maximum atomic E-state index is 6.87. The van der Waals surface area contributed by atoms with Crippen molar-refractivity contribution in [2.75, 3.05) is 14.7 Å². The monoisotopic (exact) mass is 1850 g/mol. The van der Waals surface area contributed by atoms with Gasteiger partial charge in [0.2, 0.25) is 0 Å². The summed E-state index contributed by atoms with van der Waals surface area (Å²) in [6, 6.07) is 189. The van der Waals surface area contributed by atoms with E-state index in [9.17, 15) is 0 Å². The molecule has 26 aromatic carbocycles. The van der Waals surface area contributed by atoms with Gasteiger partial charge >= 0.3 is 0 Å². The Morgan fingerprint density at radius 2 is 0.448 bits per heavy atom. The van der Waals surface area contributed by atoms with Gasteiger partial charge in [0.1, 0.15) is 39.1 Å². The van der Waals surface area contributed by atoms with E-state index in [1.807, 2.05) is 24.3 Å². The lowest BCUT2D eigenvalue weighted by molar-refractivity contribution is 0.668. The van der Waals surface area contributed by atoms with E-state index < -0.39 is 0 Å².